The predicted octanol–water partition coefficient (Wildman–Crippen LogP) is 3.98. The monoisotopic (exact) mass is 431 g/mol. The second-order valence-corrected chi connectivity index (χ2v) is 7.96. The molecule has 0 fully saturated rings. The van der Waals surface area contributed by atoms with E-state index in [4.69, 9.17) is 11.6 Å². The summed E-state index contributed by atoms with van der Waals surface area (Å²) in [7, 11) is 0. The third kappa shape index (κ3) is 6.56. The first-order valence-electron chi connectivity index (χ1n) is 9.73. The molecule has 7 nitrogen and oxygen atoms in total. The standard InChI is InChI=1S/C22H26ClN3O4/c1-15(2)13-24-22(28)16(3)25(14-17-8-10-19(23)11-9-17)21(27)12-18-6-4-5-7-20(18)26(29)30/h4-11,15-16H,12-14H2,1-3H3,(H,24,28)/t16-/m0/s1. The van der Waals surface area contributed by atoms with Crippen molar-refractivity contribution in [2.45, 2.75) is 39.8 Å². The van der Waals surface area contributed by atoms with Gasteiger partial charge in [-0.15, -0.1) is 0 Å². The molecule has 30 heavy (non-hydrogen) atoms. The molecule has 0 aliphatic rings. The smallest absolute Gasteiger partial charge is 0.273 e. The number of nitro benzene ring substituents is 1. The van der Waals surface area contributed by atoms with Crippen LogP contribution in [0.3, 0.4) is 0 Å². The molecule has 2 aromatic carbocycles. The van der Waals surface area contributed by atoms with Gasteiger partial charge in [0.15, 0.2) is 0 Å². The molecule has 2 aromatic rings. The molecular formula is C22H26ClN3O4. The van der Waals surface area contributed by atoms with E-state index in [9.17, 15) is 19.7 Å². The van der Waals surface area contributed by atoms with E-state index in [-0.39, 0.29) is 36.4 Å². The summed E-state index contributed by atoms with van der Waals surface area (Å²) in [4.78, 5) is 38.0. The Bertz CT molecular complexity index is 900. The summed E-state index contributed by atoms with van der Waals surface area (Å²) in [5.74, 6) is -0.367. The lowest BCUT2D eigenvalue weighted by molar-refractivity contribution is -0.385. The number of amides is 2. The van der Waals surface area contributed by atoms with Crippen molar-refractivity contribution in [3.8, 4) is 0 Å². The fraction of sp³-hybridized carbons (Fsp3) is 0.364. The van der Waals surface area contributed by atoms with Crippen LogP contribution in [0.5, 0.6) is 0 Å². The third-order valence-corrected chi connectivity index (χ3v) is 4.90. The van der Waals surface area contributed by atoms with Crippen LogP contribution in [0.25, 0.3) is 0 Å². The van der Waals surface area contributed by atoms with Gasteiger partial charge in [0.25, 0.3) is 5.69 Å². The quantitative estimate of drug-likeness (QED) is 0.480. The largest absolute Gasteiger partial charge is 0.354 e. The zero-order valence-corrected chi connectivity index (χ0v) is 18.1. The van der Waals surface area contributed by atoms with Gasteiger partial charge in [-0.2, -0.15) is 0 Å². The number of hydrogen-bond donors (Lipinski definition) is 1. The Morgan fingerprint density at radius 1 is 1.10 bits per heavy atom. The molecule has 0 aromatic heterocycles. The average Bonchev–Trinajstić information content (AvgIpc) is 2.71. The highest BCUT2D eigenvalue weighted by Gasteiger charge is 2.27. The average molecular weight is 432 g/mol. The summed E-state index contributed by atoms with van der Waals surface area (Å²) in [5.41, 5.74) is 0.997. The SMILES string of the molecule is CC(C)CNC(=O)[C@H](C)N(Cc1ccc(Cl)cc1)C(=O)Cc1ccccc1[N+](=O)[O-]. The number of para-hydroxylation sites is 1. The highest BCUT2D eigenvalue weighted by Crippen LogP contribution is 2.21. The Morgan fingerprint density at radius 2 is 1.73 bits per heavy atom. The van der Waals surface area contributed by atoms with Crippen LogP contribution in [0.4, 0.5) is 5.69 Å². The minimum Gasteiger partial charge on any atom is -0.354 e. The van der Waals surface area contributed by atoms with E-state index in [0.29, 0.717) is 17.1 Å². The minimum atomic E-state index is -0.741. The lowest BCUT2D eigenvalue weighted by atomic mass is 10.1. The van der Waals surface area contributed by atoms with Crippen LogP contribution < -0.4 is 5.32 Å². The van der Waals surface area contributed by atoms with E-state index in [2.05, 4.69) is 5.32 Å². The Morgan fingerprint density at radius 3 is 2.33 bits per heavy atom. The molecule has 0 bridgehead atoms. The molecule has 1 atom stereocenters. The van der Waals surface area contributed by atoms with Crippen molar-refractivity contribution in [1.82, 2.24) is 10.2 Å². The molecule has 0 saturated carbocycles. The summed E-state index contributed by atoms with van der Waals surface area (Å²) >= 11 is 5.94. The molecular weight excluding hydrogens is 406 g/mol. The molecule has 0 unspecified atom stereocenters. The Kier molecular flexibility index (Phi) is 8.35. The van der Waals surface area contributed by atoms with Crippen LogP contribution in [0, 0.1) is 16.0 Å². The number of rotatable bonds is 9. The molecule has 0 heterocycles. The summed E-state index contributed by atoms with van der Waals surface area (Å²) in [6.45, 7) is 6.30. The van der Waals surface area contributed by atoms with Crippen LogP contribution in [-0.4, -0.2) is 34.2 Å². The van der Waals surface area contributed by atoms with E-state index in [1.54, 1.807) is 49.4 Å². The first-order valence-corrected chi connectivity index (χ1v) is 10.1. The van der Waals surface area contributed by atoms with Crippen molar-refractivity contribution in [2.24, 2.45) is 5.92 Å². The maximum Gasteiger partial charge on any atom is 0.273 e. The zero-order valence-electron chi connectivity index (χ0n) is 17.3. The Labute approximate surface area is 181 Å². The van der Waals surface area contributed by atoms with Crippen molar-refractivity contribution in [1.29, 1.82) is 0 Å². The molecule has 0 aliphatic carbocycles. The van der Waals surface area contributed by atoms with E-state index in [1.165, 1.54) is 11.0 Å². The molecule has 2 rings (SSSR count). The maximum absolute atomic E-state index is 13.1. The second-order valence-electron chi connectivity index (χ2n) is 7.53. The van der Waals surface area contributed by atoms with Crippen LogP contribution in [0.1, 0.15) is 31.9 Å². The van der Waals surface area contributed by atoms with Gasteiger partial charge in [0.05, 0.1) is 11.3 Å². The molecule has 1 N–H and O–H groups in total. The zero-order chi connectivity index (χ0) is 22.3. The number of nitrogens with one attached hydrogen (secondary N) is 1. The fourth-order valence-electron chi connectivity index (χ4n) is 2.92. The number of nitro groups is 1. The van der Waals surface area contributed by atoms with Crippen LogP contribution in [0.15, 0.2) is 48.5 Å². The topological polar surface area (TPSA) is 92.6 Å². The summed E-state index contributed by atoms with van der Waals surface area (Å²) in [6.07, 6.45) is -0.174. The van der Waals surface area contributed by atoms with Gasteiger partial charge in [-0.05, 0) is 30.5 Å². The fourth-order valence-corrected chi connectivity index (χ4v) is 3.05. The summed E-state index contributed by atoms with van der Waals surface area (Å²) < 4.78 is 0. The number of carbonyl (C=O) groups is 2. The Hall–Kier alpha value is -2.93. The number of halogens is 1. The first kappa shape index (κ1) is 23.3. The van der Waals surface area contributed by atoms with Gasteiger partial charge in [-0.25, -0.2) is 0 Å². The van der Waals surface area contributed by atoms with Crippen molar-refractivity contribution in [2.75, 3.05) is 6.54 Å². The van der Waals surface area contributed by atoms with Gasteiger partial charge in [-0.3, -0.25) is 19.7 Å². The molecule has 8 heteroatoms. The molecule has 160 valence electrons. The van der Waals surface area contributed by atoms with Crippen molar-refractivity contribution in [3.05, 3.63) is 74.8 Å². The van der Waals surface area contributed by atoms with Crippen molar-refractivity contribution in [3.63, 3.8) is 0 Å². The second kappa shape index (κ2) is 10.7. The third-order valence-electron chi connectivity index (χ3n) is 4.65. The normalized spacial score (nSPS) is 11.8. The van der Waals surface area contributed by atoms with E-state index < -0.39 is 11.0 Å². The van der Waals surface area contributed by atoms with Crippen molar-refractivity contribution < 1.29 is 14.5 Å². The molecule has 2 amide bonds. The van der Waals surface area contributed by atoms with Gasteiger partial charge >= 0.3 is 0 Å². The van der Waals surface area contributed by atoms with Gasteiger partial charge in [0.2, 0.25) is 11.8 Å². The van der Waals surface area contributed by atoms with Gasteiger partial charge in [0.1, 0.15) is 6.04 Å². The van der Waals surface area contributed by atoms with Crippen LogP contribution >= 0.6 is 11.6 Å². The van der Waals surface area contributed by atoms with E-state index >= 15 is 0 Å². The summed E-state index contributed by atoms with van der Waals surface area (Å²) in [6, 6.07) is 12.4. The number of carbonyl (C=O) groups excluding carboxylic acids is 2. The highest BCUT2D eigenvalue weighted by atomic mass is 35.5. The molecule has 0 saturated heterocycles. The van der Waals surface area contributed by atoms with E-state index in [1.807, 2.05) is 13.8 Å². The lowest BCUT2D eigenvalue weighted by Gasteiger charge is -2.29. The number of benzene rings is 2. The van der Waals surface area contributed by atoms with Gasteiger partial charge < -0.3 is 10.2 Å². The first-order chi connectivity index (χ1) is 14.2. The van der Waals surface area contributed by atoms with Crippen molar-refractivity contribution >= 4 is 29.1 Å². The molecule has 0 spiro atoms. The highest BCUT2D eigenvalue weighted by molar-refractivity contribution is 6.30. The van der Waals surface area contributed by atoms with Gasteiger partial charge in [0, 0.05) is 29.7 Å². The van der Waals surface area contributed by atoms with Crippen LogP contribution in [-0.2, 0) is 22.6 Å². The molecule has 0 radical (unpaired) electrons. The molecule has 0 aliphatic heterocycles. The van der Waals surface area contributed by atoms with E-state index in [0.717, 1.165) is 5.56 Å². The Balaban J connectivity index is 2.27. The van der Waals surface area contributed by atoms with Crippen LogP contribution in [0.2, 0.25) is 5.02 Å². The summed E-state index contributed by atoms with van der Waals surface area (Å²) in [5, 5.41) is 14.7. The predicted molar refractivity (Wildman–Crippen MR) is 116 cm³/mol. The minimum absolute atomic E-state index is 0.116. The van der Waals surface area contributed by atoms with Gasteiger partial charge in [-0.1, -0.05) is 55.8 Å². The number of hydrogen-bond acceptors (Lipinski definition) is 4. The lowest BCUT2D eigenvalue weighted by Crippen LogP contribution is -2.48. The number of nitrogens with zero attached hydrogens (tertiary/aromatic N) is 2. The maximum atomic E-state index is 13.1.